The summed E-state index contributed by atoms with van der Waals surface area (Å²) in [7, 11) is 0. The zero-order chi connectivity index (χ0) is 5.98. The summed E-state index contributed by atoms with van der Waals surface area (Å²) < 4.78 is 20.3. The van der Waals surface area contributed by atoms with Gasteiger partial charge in [0.15, 0.2) is 0 Å². The highest BCUT2D eigenvalue weighted by atomic mass is 32.2. The number of rotatable bonds is 1. The second-order valence-electron chi connectivity index (χ2n) is 1.88. The van der Waals surface area contributed by atoms with E-state index in [0.717, 1.165) is 13.0 Å². The predicted octanol–water partition coefficient (Wildman–Crippen LogP) is -0.773. The van der Waals surface area contributed by atoms with Crippen molar-refractivity contribution in [3.63, 3.8) is 0 Å². The van der Waals surface area contributed by atoms with Gasteiger partial charge in [0.05, 0.1) is 0 Å². The molecule has 1 N–H and O–H groups in total. The first-order chi connectivity index (χ1) is 3.80. The van der Waals surface area contributed by atoms with Crippen molar-refractivity contribution in [2.45, 2.75) is 11.7 Å². The maximum absolute atomic E-state index is 10.2. The maximum atomic E-state index is 10.2. The minimum Gasteiger partial charge on any atom is -0.772 e. The molecule has 1 aliphatic rings. The first-order valence-electron chi connectivity index (χ1n) is 2.59. The van der Waals surface area contributed by atoms with Crippen LogP contribution in [-0.4, -0.2) is 27.1 Å². The van der Waals surface area contributed by atoms with Gasteiger partial charge in [-0.3, -0.25) is 4.21 Å². The molecule has 1 heterocycles. The van der Waals surface area contributed by atoms with Gasteiger partial charge in [-0.2, -0.15) is 0 Å². The van der Waals surface area contributed by atoms with Crippen molar-refractivity contribution in [1.29, 1.82) is 0 Å². The van der Waals surface area contributed by atoms with E-state index < -0.39 is 11.1 Å². The quantitative estimate of drug-likeness (QED) is 0.479. The number of hydrogen-bond acceptors (Lipinski definition) is 3. The van der Waals surface area contributed by atoms with E-state index in [9.17, 15) is 8.76 Å². The highest BCUT2D eigenvalue weighted by molar-refractivity contribution is 7.79. The van der Waals surface area contributed by atoms with Crippen molar-refractivity contribution in [3.8, 4) is 0 Å². The topological polar surface area (TPSA) is 52.2 Å². The average Bonchev–Trinajstić information content (AvgIpc) is 2.12. The van der Waals surface area contributed by atoms with Crippen LogP contribution in [0.1, 0.15) is 6.42 Å². The van der Waals surface area contributed by atoms with Gasteiger partial charge < -0.3 is 9.87 Å². The van der Waals surface area contributed by atoms with Gasteiger partial charge in [-0.25, -0.2) is 0 Å². The van der Waals surface area contributed by atoms with Crippen LogP contribution in [0.3, 0.4) is 0 Å². The van der Waals surface area contributed by atoms with Crippen LogP contribution in [0.4, 0.5) is 0 Å². The van der Waals surface area contributed by atoms with E-state index in [1.807, 2.05) is 0 Å². The lowest BCUT2D eigenvalue weighted by Crippen LogP contribution is -2.17. The van der Waals surface area contributed by atoms with Crippen molar-refractivity contribution >= 4 is 11.1 Å². The maximum Gasteiger partial charge on any atom is 0.0352 e. The van der Waals surface area contributed by atoms with Gasteiger partial charge in [-0.1, -0.05) is 11.1 Å². The monoisotopic (exact) mass is 134 g/mol. The summed E-state index contributed by atoms with van der Waals surface area (Å²) in [6.07, 6.45) is 0.774. The molecule has 4 heteroatoms. The van der Waals surface area contributed by atoms with Crippen molar-refractivity contribution in [3.05, 3.63) is 0 Å². The Morgan fingerprint density at radius 2 is 2.50 bits per heavy atom. The van der Waals surface area contributed by atoms with Crippen LogP contribution in [-0.2, 0) is 11.1 Å². The molecule has 0 radical (unpaired) electrons. The molecule has 0 spiro atoms. The van der Waals surface area contributed by atoms with Crippen LogP contribution >= 0.6 is 0 Å². The van der Waals surface area contributed by atoms with E-state index in [1.54, 1.807) is 0 Å². The van der Waals surface area contributed by atoms with Gasteiger partial charge in [0.2, 0.25) is 0 Å². The molecule has 1 fully saturated rings. The van der Waals surface area contributed by atoms with E-state index in [2.05, 4.69) is 5.32 Å². The van der Waals surface area contributed by atoms with E-state index >= 15 is 0 Å². The Balaban J connectivity index is 2.35. The van der Waals surface area contributed by atoms with Gasteiger partial charge >= 0.3 is 0 Å². The van der Waals surface area contributed by atoms with Gasteiger partial charge in [0.1, 0.15) is 0 Å². The predicted molar refractivity (Wildman–Crippen MR) is 30.2 cm³/mol. The Morgan fingerprint density at radius 1 is 1.75 bits per heavy atom. The summed E-state index contributed by atoms with van der Waals surface area (Å²) in [5, 5.41) is 2.83. The van der Waals surface area contributed by atoms with Crippen LogP contribution in [0.5, 0.6) is 0 Å². The normalized spacial score (nSPS) is 32.9. The lowest BCUT2D eigenvalue weighted by atomic mass is 10.4. The van der Waals surface area contributed by atoms with Crippen LogP contribution < -0.4 is 5.32 Å². The molecule has 1 rings (SSSR count). The summed E-state index contributed by atoms with van der Waals surface area (Å²) in [5.41, 5.74) is 0. The second-order valence-corrected chi connectivity index (χ2v) is 3.06. The molecule has 1 unspecified atom stereocenters. The van der Waals surface area contributed by atoms with Crippen LogP contribution in [0.2, 0.25) is 0 Å². The molecule has 0 amide bonds. The Labute approximate surface area is 50.8 Å². The first-order valence-corrected chi connectivity index (χ1v) is 3.73. The van der Waals surface area contributed by atoms with Gasteiger partial charge in [0.25, 0.3) is 0 Å². The number of nitrogens with one attached hydrogen (secondary N) is 1. The van der Waals surface area contributed by atoms with Gasteiger partial charge in [-0.15, -0.1) is 0 Å². The summed E-state index contributed by atoms with van der Waals surface area (Å²) in [4.78, 5) is 0. The second kappa shape index (κ2) is 2.57. The minimum atomic E-state index is -1.85. The largest absolute Gasteiger partial charge is 0.772 e. The Kier molecular flexibility index (Phi) is 1.99. The smallest absolute Gasteiger partial charge is 0.0352 e. The van der Waals surface area contributed by atoms with Crippen molar-refractivity contribution < 1.29 is 8.76 Å². The van der Waals surface area contributed by atoms with Crippen LogP contribution in [0.25, 0.3) is 0 Å². The molecule has 48 valence electrons. The molecule has 0 saturated carbocycles. The minimum absolute atomic E-state index is 0.130. The highest BCUT2D eigenvalue weighted by Crippen LogP contribution is 2.02. The molecular formula is C4H8NO2S-. The molecule has 0 aliphatic carbocycles. The summed E-state index contributed by atoms with van der Waals surface area (Å²) in [6, 6.07) is 0. The fourth-order valence-corrected chi connectivity index (χ4v) is 1.36. The van der Waals surface area contributed by atoms with Crippen LogP contribution in [0.15, 0.2) is 0 Å². The van der Waals surface area contributed by atoms with E-state index in [1.165, 1.54) is 0 Å². The SMILES string of the molecule is O=S([O-])[C@@H]1CCNC1. The zero-order valence-corrected chi connectivity index (χ0v) is 5.24. The average molecular weight is 134 g/mol. The Bertz CT molecular complexity index is 100. The molecule has 8 heavy (non-hydrogen) atoms. The summed E-state index contributed by atoms with van der Waals surface area (Å²) >= 11 is -1.85. The molecule has 0 aromatic carbocycles. The van der Waals surface area contributed by atoms with Crippen molar-refractivity contribution in [2.75, 3.05) is 13.1 Å². The van der Waals surface area contributed by atoms with Gasteiger partial charge in [-0.05, 0) is 13.0 Å². The van der Waals surface area contributed by atoms with E-state index in [4.69, 9.17) is 0 Å². The lowest BCUT2D eigenvalue weighted by molar-refractivity contribution is 0.524. The lowest BCUT2D eigenvalue weighted by Gasteiger charge is -2.10. The third kappa shape index (κ3) is 1.27. The van der Waals surface area contributed by atoms with E-state index in [-0.39, 0.29) is 5.25 Å². The van der Waals surface area contributed by atoms with Crippen molar-refractivity contribution in [2.24, 2.45) is 0 Å². The standard InChI is InChI=1S/C4H9NO2S/c6-8(7)4-1-2-5-3-4/h4-5H,1-3H2,(H,6,7)/p-1/t4-/m1/s1. The fourth-order valence-electron chi connectivity index (χ4n) is 0.792. The zero-order valence-electron chi connectivity index (χ0n) is 4.42. The fraction of sp³-hybridized carbons (Fsp3) is 1.00. The highest BCUT2D eigenvalue weighted by Gasteiger charge is 2.13. The Hall–Kier alpha value is 0.0700. The third-order valence-corrected chi connectivity index (χ3v) is 2.23. The molecular weight excluding hydrogens is 126 g/mol. The molecule has 1 aliphatic heterocycles. The third-order valence-electron chi connectivity index (χ3n) is 1.29. The molecule has 0 bridgehead atoms. The first kappa shape index (κ1) is 6.19. The molecule has 0 aromatic heterocycles. The molecule has 0 aromatic rings. The van der Waals surface area contributed by atoms with Gasteiger partial charge in [0, 0.05) is 11.8 Å². The van der Waals surface area contributed by atoms with Crippen molar-refractivity contribution in [1.82, 2.24) is 5.32 Å². The molecule has 1 saturated heterocycles. The molecule has 2 atom stereocenters. The van der Waals surface area contributed by atoms with E-state index in [0.29, 0.717) is 6.54 Å². The molecule has 3 nitrogen and oxygen atoms in total. The summed E-state index contributed by atoms with van der Waals surface area (Å²) in [5.74, 6) is 0. The summed E-state index contributed by atoms with van der Waals surface area (Å²) in [6.45, 7) is 1.48. The van der Waals surface area contributed by atoms with Crippen LogP contribution in [0, 0.1) is 0 Å². The Morgan fingerprint density at radius 3 is 2.75 bits per heavy atom. The number of hydrogen-bond donors (Lipinski definition) is 1.